The highest BCUT2D eigenvalue weighted by Crippen LogP contribution is 2.59. The van der Waals surface area contributed by atoms with Crippen LogP contribution in [0, 0.1) is 5.92 Å². The molecule has 0 aromatic heterocycles. The zero-order chi connectivity index (χ0) is 16.2. The van der Waals surface area contributed by atoms with Gasteiger partial charge in [0.1, 0.15) is 5.41 Å². The largest absolute Gasteiger partial charge is 0.369 e. The van der Waals surface area contributed by atoms with Crippen molar-refractivity contribution in [2.45, 2.75) is 26.2 Å². The molecule has 1 aromatic carbocycles. The lowest BCUT2D eigenvalue weighted by molar-refractivity contribution is -0.123. The molecule has 0 fully saturated rings. The van der Waals surface area contributed by atoms with E-state index in [1.807, 2.05) is 45.0 Å². The summed E-state index contributed by atoms with van der Waals surface area (Å²) in [7, 11) is 1.62. The Morgan fingerprint density at radius 3 is 2.45 bits per heavy atom. The standard InChI is InChI=1S/C18H20N2O2/c1-9-10(2)18(17(19)22)11(3)15(14(9)16(21)20-4)12-7-5-6-8-13(12)18/h5-8,11H,1-4H3,(H2,19,22)(H,20,21). The number of rotatable bonds is 2. The molecule has 0 saturated carbocycles. The van der Waals surface area contributed by atoms with Gasteiger partial charge in [0.05, 0.1) is 0 Å². The molecule has 2 amide bonds. The van der Waals surface area contributed by atoms with Crippen LogP contribution in [0.1, 0.15) is 31.9 Å². The Morgan fingerprint density at radius 2 is 1.86 bits per heavy atom. The molecule has 4 nitrogen and oxygen atoms in total. The minimum atomic E-state index is -0.840. The Morgan fingerprint density at radius 1 is 1.23 bits per heavy atom. The number of likely N-dealkylation sites (N-methyl/N-ethyl adjacent to an activating group) is 1. The lowest BCUT2D eigenvalue weighted by atomic mass is 9.64. The summed E-state index contributed by atoms with van der Waals surface area (Å²) in [4.78, 5) is 24.9. The van der Waals surface area contributed by atoms with Gasteiger partial charge < -0.3 is 11.1 Å². The summed E-state index contributed by atoms with van der Waals surface area (Å²) in [6, 6.07) is 7.77. The third-order valence-electron chi connectivity index (χ3n) is 5.37. The fourth-order valence-electron chi connectivity index (χ4n) is 4.26. The Hall–Kier alpha value is -2.36. The highest BCUT2D eigenvalue weighted by Gasteiger charge is 2.57. The Kier molecular flexibility index (Phi) is 3.02. The first-order valence-electron chi connectivity index (χ1n) is 7.43. The molecule has 4 heteroatoms. The van der Waals surface area contributed by atoms with Crippen molar-refractivity contribution in [3.63, 3.8) is 0 Å². The predicted molar refractivity (Wildman–Crippen MR) is 85.8 cm³/mol. The van der Waals surface area contributed by atoms with Crippen LogP contribution in [0.15, 0.2) is 41.0 Å². The van der Waals surface area contributed by atoms with E-state index in [1.165, 1.54) is 0 Å². The van der Waals surface area contributed by atoms with Gasteiger partial charge in [0.25, 0.3) is 5.91 Å². The van der Waals surface area contributed by atoms with Crippen LogP contribution in [-0.2, 0) is 15.0 Å². The van der Waals surface area contributed by atoms with Crippen molar-refractivity contribution >= 4 is 17.4 Å². The van der Waals surface area contributed by atoms with Gasteiger partial charge in [-0.3, -0.25) is 9.59 Å². The van der Waals surface area contributed by atoms with Crippen molar-refractivity contribution < 1.29 is 9.59 Å². The van der Waals surface area contributed by atoms with Gasteiger partial charge in [-0.2, -0.15) is 0 Å². The van der Waals surface area contributed by atoms with E-state index in [9.17, 15) is 9.59 Å². The summed E-state index contributed by atoms with van der Waals surface area (Å²) < 4.78 is 0. The van der Waals surface area contributed by atoms with Crippen LogP contribution in [0.5, 0.6) is 0 Å². The average molecular weight is 296 g/mol. The smallest absolute Gasteiger partial charge is 0.251 e. The van der Waals surface area contributed by atoms with Crippen molar-refractivity contribution in [3.8, 4) is 0 Å². The van der Waals surface area contributed by atoms with Crippen molar-refractivity contribution in [2.75, 3.05) is 7.05 Å². The van der Waals surface area contributed by atoms with E-state index in [4.69, 9.17) is 5.73 Å². The number of nitrogens with one attached hydrogen (secondary N) is 1. The van der Waals surface area contributed by atoms with E-state index in [-0.39, 0.29) is 17.7 Å². The third-order valence-corrected chi connectivity index (χ3v) is 5.37. The summed E-state index contributed by atoms with van der Waals surface area (Å²) in [5.74, 6) is -0.609. The summed E-state index contributed by atoms with van der Waals surface area (Å²) in [6.45, 7) is 5.80. The third kappa shape index (κ3) is 1.42. The van der Waals surface area contributed by atoms with E-state index in [0.29, 0.717) is 5.57 Å². The second kappa shape index (κ2) is 4.57. The number of nitrogens with two attached hydrogens (primary N) is 1. The summed E-state index contributed by atoms with van der Waals surface area (Å²) >= 11 is 0. The van der Waals surface area contributed by atoms with Crippen LogP contribution in [0.4, 0.5) is 0 Å². The minimum absolute atomic E-state index is 0.117. The first kappa shape index (κ1) is 14.6. The quantitative estimate of drug-likeness (QED) is 0.875. The normalized spacial score (nSPS) is 26.1. The highest BCUT2D eigenvalue weighted by atomic mass is 16.2. The maximum Gasteiger partial charge on any atom is 0.251 e. The molecule has 0 spiro atoms. The number of benzene rings is 1. The molecular weight excluding hydrogens is 276 g/mol. The predicted octanol–water partition coefficient (Wildman–Crippen LogP) is 1.91. The number of hydrogen-bond donors (Lipinski definition) is 2. The van der Waals surface area contributed by atoms with E-state index in [0.717, 1.165) is 27.8 Å². The molecule has 3 rings (SSSR count). The monoisotopic (exact) mass is 296 g/mol. The van der Waals surface area contributed by atoms with Gasteiger partial charge in [-0.15, -0.1) is 0 Å². The molecule has 0 radical (unpaired) electrons. The Bertz CT molecular complexity index is 773. The number of amides is 2. The average Bonchev–Trinajstić information content (AvgIpc) is 2.71. The van der Waals surface area contributed by atoms with Crippen molar-refractivity contribution in [1.29, 1.82) is 0 Å². The van der Waals surface area contributed by atoms with Crippen LogP contribution < -0.4 is 11.1 Å². The zero-order valence-corrected chi connectivity index (χ0v) is 13.3. The lowest BCUT2D eigenvalue weighted by Gasteiger charge is -2.38. The van der Waals surface area contributed by atoms with E-state index in [2.05, 4.69) is 5.32 Å². The zero-order valence-electron chi connectivity index (χ0n) is 13.3. The first-order valence-corrected chi connectivity index (χ1v) is 7.43. The molecule has 3 N–H and O–H groups in total. The van der Waals surface area contributed by atoms with Gasteiger partial charge in [-0.1, -0.05) is 31.2 Å². The van der Waals surface area contributed by atoms with Crippen LogP contribution >= 0.6 is 0 Å². The fourth-order valence-corrected chi connectivity index (χ4v) is 4.26. The molecule has 22 heavy (non-hydrogen) atoms. The van der Waals surface area contributed by atoms with Gasteiger partial charge in [0.15, 0.2) is 0 Å². The minimum Gasteiger partial charge on any atom is -0.369 e. The van der Waals surface area contributed by atoms with E-state index in [1.54, 1.807) is 7.05 Å². The molecule has 0 saturated heterocycles. The maximum absolute atomic E-state index is 12.5. The number of allylic oxidation sites excluding steroid dienone is 1. The second-order valence-corrected chi connectivity index (χ2v) is 6.06. The molecule has 1 aromatic rings. The molecule has 2 aliphatic carbocycles. The number of fused-ring (bicyclic) bond motifs is 5. The van der Waals surface area contributed by atoms with Crippen LogP contribution in [0.25, 0.3) is 5.57 Å². The van der Waals surface area contributed by atoms with Gasteiger partial charge in [-0.05, 0) is 41.7 Å². The lowest BCUT2D eigenvalue weighted by Crippen LogP contribution is -2.47. The van der Waals surface area contributed by atoms with Crippen LogP contribution in [0.2, 0.25) is 0 Å². The Balaban J connectivity index is 2.48. The van der Waals surface area contributed by atoms with Crippen molar-refractivity contribution in [3.05, 3.63) is 52.1 Å². The molecule has 2 bridgehead atoms. The second-order valence-electron chi connectivity index (χ2n) is 6.06. The molecule has 2 unspecified atom stereocenters. The topological polar surface area (TPSA) is 72.2 Å². The molecule has 2 aliphatic rings. The molecule has 114 valence electrons. The maximum atomic E-state index is 12.5. The number of primary amides is 1. The molecule has 2 atom stereocenters. The van der Waals surface area contributed by atoms with Gasteiger partial charge in [-0.25, -0.2) is 0 Å². The summed E-state index contributed by atoms with van der Waals surface area (Å²) in [5, 5.41) is 2.71. The van der Waals surface area contributed by atoms with E-state index >= 15 is 0 Å². The van der Waals surface area contributed by atoms with Gasteiger partial charge >= 0.3 is 0 Å². The van der Waals surface area contributed by atoms with Crippen molar-refractivity contribution in [1.82, 2.24) is 5.32 Å². The Labute approximate surface area is 130 Å². The van der Waals surface area contributed by atoms with Crippen molar-refractivity contribution in [2.24, 2.45) is 11.7 Å². The summed E-state index contributed by atoms with van der Waals surface area (Å²) in [6.07, 6.45) is 0. The van der Waals surface area contributed by atoms with Gasteiger partial charge in [0.2, 0.25) is 5.91 Å². The summed E-state index contributed by atoms with van der Waals surface area (Å²) in [5.41, 5.74) is 10.2. The molecular formula is C18H20N2O2. The van der Waals surface area contributed by atoms with Gasteiger partial charge in [0, 0.05) is 18.5 Å². The molecule has 0 aliphatic heterocycles. The van der Waals surface area contributed by atoms with E-state index < -0.39 is 5.41 Å². The number of carbonyl (C=O) groups excluding carboxylic acids is 2. The number of hydrogen-bond acceptors (Lipinski definition) is 2. The van der Waals surface area contributed by atoms with Crippen LogP contribution in [-0.4, -0.2) is 18.9 Å². The highest BCUT2D eigenvalue weighted by molar-refractivity contribution is 6.12. The SMILES string of the molecule is CNC(=O)C1=C2c3ccccc3C(C(N)=O)(C(C)=C1C)C2C. The van der Waals surface area contributed by atoms with Crippen LogP contribution in [0.3, 0.4) is 0 Å². The first-order chi connectivity index (χ1) is 10.4. The fraction of sp³-hybridized carbons (Fsp3) is 0.333. The number of carbonyl (C=O) groups is 2. The molecule has 0 heterocycles.